The molecule has 0 saturated carbocycles. The Balaban J connectivity index is 1.44. The van der Waals surface area contributed by atoms with Gasteiger partial charge in [-0.25, -0.2) is 19.2 Å². The van der Waals surface area contributed by atoms with Crippen LogP contribution in [0.5, 0.6) is 0 Å². The van der Waals surface area contributed by atoms with Gasteiger partial charge in [-0.15, -0.1) is 0 Å². The van der Waals surface area contributed by atoms with Crippen molar-refractivity contribution in [2.75, 3.05) is 6.61 Å². The van der Waals surface area contributed by atoms with Gasteiger partial charge in [-0.05, 0) is 60.9 Å². The van der Waals surface area contributed by atoms with Crippen LogP contribution in [0, 0.1) is 0 Å². The molecule has 37 heavy (non-hydrogen) atoms. The van der Waals surface area contributed by atoms with Gasteiger partial charge in [-0.1, -0.05) is 88.8 Å². The molecule has 0 N–H and O–H groups in total. The summed E-state index contributed by atoms with van der Waals surface area (Å²) >= 11 is 0. The van der Waals surface area contributed by atoms with Gasteiger partial charge in [0.1, 0.15) is 12.8 Å². The third-order valence-corrected chi connectivity index (χ3v) is 6.64. The normalized spacial score (nSPS) is 11.9. The van der Waals surface area contributed by atoms with Crippen LogP contribution in [0.15, 0.2) is 60.9 Å². The number of halogens is 1. The fourth-order valence-electron chi connectivity index (χ4n) is 4.25. The summed E-state index contributed by atoms with van der Waals surface area (Å²) in [7, 11) is 0. The van der Waals surface area contributed by atoms with E-state index in [4.69, 9.17) is 4.74 Å². The van der Waals surface area contributed by atoms with E-state index in [-0.39, 0.29) is 6.61 Å². The van der Waals surface area contributed by atoms with E-state index in [1.807, 2.05) is 12.4 Å². The molecular formula is C32H41FN2O2. The Kier molecular flexibility index (Phi) is 12.2. The number of aromatic nitrogens is 2. The number of hydrogen-bond acceptors (Lipinski definition) is 4. The summed E-state index contributed by atoms with van der Waals surface area (Å²) in [5.74, 6) is 0.101. The zero-order chi connectivity index (χ0) is 26.3. The summed E-state index contributed by atoms with van der Waals surface area (Å²) in [5, 5.41) is 0. The number of nitrogens with zero attached hydrogens (tertiary/aromatic N) is 2. The molecule has 0 aliphatic rings. The van der Waals surface area contributed by atoms with Crippen molar-refractivity contribution in [1.29, 1.82) is 0 Å². The largest absolute Gasteiger partial charge is 0.459 e. The zero-order valence-electron chi connectivity index (χ0n) is 22.4. The van der Waals surface area contributed by atoms with Gasteiger partial charge in [0.05, 0.1) is 5.56 Å². The van der Waals surface area contributed by atoms with Gasteiger partial charge in [-0.3, -0.25) is 0 Å². The lowest BCUT2D eigenvalue weighted by molar-refractivity contribution is 0.0389. The van der Waals surface area contributed by atoms with Crippen molar-refractivity contribution < 1.29 is 13.9 Å². The highest BCUT2D eigenvalue weighted by molar-refractivity contribution is 5.89. The number of benzene rings is 2. The van der Waals surface area contributed by atoms with E-state index in [9.17, 15) is 9.18 Å². The first-order valence-electron chi connectivity index (χ1n) is 13.9. The van der Waals surface area contributed by atoms with Gasteiger partial charge >= 0.3 is 5.97 Å². The van der Waals surface area contributed by atoms with Crippen molar-refractivity contribution in [2.24, 2.45) is 0 Å². The summed E-state index contributed by atoms with van der Waals surface area (Å²) < 4.78 is 19.1. The van der Waals surface area contributed by atoms with Crippen molar-refractivity contribution in [3.63, 3.8) is 0 Å². The van der Waals surface area contributed by atoms with Crippen molar-refractivity contribution in [3.8, 4) is 11.4 Å². The van der Waals surface area contributed by atoms with Crippen LogP contribution in [0.3, 0.4) is 0 Å². The first-order chi connectivity index (χ1) is 18.1. The van der Waals surface area contributed by atoms with Crippen molar-refractivity contribution in [2.45, 2.75) is 90.6 Å². The maximum atomic E-state index is 13.9. The standard InChI is InChI=1S/C32H41FN2O2/c1-3-5-7-9-11-30(33)24-37-32(36)29-20-18-28(19-21-29)31-34-22-27(23-35-31)17-16-26-14-12-25(13-15-26)10-8-6-4-2/h12-15,18-23,30H,3-11,16-17,24H2,1-2H3/t30-/m0/s1. The maximum absolute atomic E-state index is 13.9. The summed E-state index contributed by atoms with van der Waals surface area (Å²) in [4.78, 5) is 21.3. The summed E-state index contributed by atoms with van der Waals surface area (Å²) in [6.07, 6.45) is 13.9. The zero-order valence-corrected chi connectivity index (χ0v) is 22.4. The smallest absolute Gasteiger partial charge is 0.338 e. The van der Waals surface area contributed by atoms with Crippen molar-refractivity contribution in [3.05, 3.63) is 83.2 Å². The summed E-state index contributed by atoms with van der Waals surface area (Å²) in [6.45, 7) is 4.16. The van der Waals surface area contributed by atoms with Gasteiger partial charge in [0.25, 0.3) is 0 Å². The molecular weight excluding hydrogens is 463 g/mol. The quantitative estimate of drug-likeness (QED) is 0.146. The van der Waals surface area contributed by atoms with Gasteiger partial charge < -0.3 is 4.74 Å². The third-order valence-electron chi connectivity index (χ3n) is 6.64. The second kappa shape index (κ2) is 15.9. The summed E-state index contributed by atoms with van der Waals surface area (Å²) in [5.41, 5.74) is 5.04. The molecule has 5 heteroatoms. The van der Waals surface area contributed by atoms with Gasteiger partial charge in [0.2, 0.25) is 0 Å². The molecule has 0 amide bonds. The van der Waals surface area contributed by atoms with Gasteiger partial charge in [0.15, 0.2) is 5.82 Å². The maximum Gasteiger partial charge on any atom is 0.338 e. The van der Waals surface area contributed by atoms with E-state index in [1.54, 1.807) is 24.3 Å². The number of alkyl halides is 1. The van der Waals surface area contributed by atoms with Crippen molar-refractivity contribution in [1.82, 2.24) is 9.97 Å². The Morgan fingerprint density at radius 3 is 2.00 bits per heavy atom. The van der Waals surface area contributed by atoms with Crippen LogP contribution in [0.25, 0.3) is 11.4 Å². The molecule has 1 atom stereocenters. The minimum Gasteiger partial charge on any atom is -0.459 e. The molecule has 1 aromatic heterocycles. The Morgan fingerprint density at radius 2 is 1.35 bits per heavy atom. The van der Waals surface area contributed by atoms with E-state index < -0.39 is 12.1 Å². The minimum atomic E-state index is -1.11. The fourth-order valence-corrected chi connectivity index (χ4v) is 4.25. The number of hydrogen-bond donors (Lipinski definition) is 0. The van der Waals surface area contributed by atoms with Crippen LogP contribution in [-0.4, -0.2) is 28.7 Å². The average Bonchev–Trinajstić information content (AvgIpc) is 2.94. The highest BCUT2D eigenvalue weighted by Gasteiger charge is 2.13. The van der Waals surface area contributed by atoms with Gasteiger partial charge in [0, 0.05) is 18.0 Å². The lowest BCUT2D eigenvalue weighted by Crippen LogP contribution is -2.15. The molecule has 4 nitrogen and oxygen atoms in total. The predicted octanol–water partition coefficient (Wildman–Crippen LogP) is 8.13. The molecule has 0 unspecified atom stereocenters. The molecule has 0 bridgehead atoms. The Hall–Kier alpha value is -3.08. The minimum absolute atomic E-state index is 0.194. The summed E-state index contributed by atoms with van der Waals surface area (Å²) in [6, 6.07) is 15.9. The number of unbranched alkanes of at least 4 members (excludes halogenated alkanes) is 5. The molecule has 0 radical (unpaired) electrons. The average molecular weight is 505 g/mol. The second-order valence-electron chi connectivity index (χ2n) is 9.81. The third kappa shape index (κ3) is 10.1. The van der Waals surface area contributed by atoms with Crippen LogP contribution in [0.4, 0.5) is 4.39 Å². The fraction of sp³-hybridized carbons (Fsp3) is 0.469. The number of carbonyl (C=O) groups is 1. The number of esters is 1. The van der Waals surface area contributed by atoms with Crippen LogP contribution >= 0.6 is 0 Å². The second-order valence-corrected chi connectivity index (χ2v) is 9.81. The molecule has 0 aliphatic heterocycles. The predicted molar refractivity (Wildman–Crippen MR) is 148 cm³/mol. The Bertz CT molecular complexity index is 1050. The van der Waals surface area contributed by atoms with Crippen LogP contribution < -0.4 is 0 Å². The highest BCUT2D eigenvalue weighted by atomic mass is 19.1. The first kappa shape index (κ1) is 28.5. The molecule has 0 fully saturated rings. The monoisotopic (exact) mass is 504 g/mol. The van der Waals surface area contributed by atoms with E-state index >= 15 is 0 Å². The molecule has 0 aliphatic carbocycles. The number of carbonyl (C=O) groups excluding carboxylic acids is 1. The van der Waals surface area contributed by atoms with Crippen LogP contribution in [-0.2, 0) is 24.0 Å². The molecule has 3 aromatic rings. The highest BCUT2D eigenvalue weighted by Crippen LogP contribution is 2.18. The number of ether oxygens (including phenoxy) is 1. The Morgan fingerprint density at radius 1 is 0.757 bits per heavy atom. The number of aryl methyl sites for hydroxylation is 3. The SMILES string of the molecule is CCCCCC[C@H](F)COC(=O)c1ccc(-c2ncc(CCc3ccc(CCCCC)cc3)cn2)cc1. The topological polar surface area (TPSA) is 52.1 Å². The molecule has 1 heterocycles. The van der Waals surface area contributed by atoms with E-state index in [1.165, 1.54) is 30.4 Å². The Labute approximate surface area is 221 Å². The first-order valence-corrected chi connectivity index (χ1v) is 13.9. The lowest BCUT2D eigenvalue weighted by atomic mass is 10.0. The molecule has 2 aromatic carbocycles. The van der Waals surface area contributed by atoms with Gasteiger partial charge in [-0.2, -0.15) is 0 Å². The van der Waals surface area contributed by atoms with E-state index in [0.29, 0.717) is 17.8 Å². The van der Waals surface area contributed by atoms with E-state index in [0.717, 1.165) is 56.1 Å². The molecule has 0 saturated heterocycles. The lowest BCUT2D eigenvalue weighted by Gasteiger charge is -2.09. The van der Waals surface area contributed by atoms with E-state index in [2.05, 4.69) is 48.1 Å². The van der Waals surface area contributed by atoms with Crippen LogP contribution in [0.1, 0.15) is 92.3 Å². The number of rotatable bonds is 16. The molecule has 198 valence electrons. The molecule has 0 spiro atoms. The van der Waals surface area contributed by atoms with Crippen LogP contribution in [0.2, 0.25) is 0 Å². The van der Waals surface area contributed by atoms with Crippen molar-refractivity contribution >= 4 is 5.97 Å². The molecule has 3 rings (SSSR count).